The summed E-state index contributed by atoms with van der Waals surface area (Å²) >= 11 is 0. The molecule has 0 amide bonds. The summed E-state index contributed by atoms with van der Waals surface area (Å²) in [5, 5.41) is 3.17. The van der Waals surface area contributed by atoms with Gasteiger partial charge < -0.3 is 15.0 Å². The van der Waals surface area contributed by atoms with E-state index in [-0.39, 0.29) is 0 Å². The number of benzene rings is 1. The summed E-state index contributed by atoms with van der Waals surface area (Å²) in [6.07, 6.45) is 3.82. The molecule has 1 aromatic carbocycles. The van der Waals surface area contributed by atoms with Crippen molar-refractivity contribution in [3.63, 3.8) is 0 Å². The third kappa shape index (κ3) is 5.31. The average Bonchev–Trinajstić information content (AvgIpc) is 3.27. The van der Waals surface area contributed by atoms with Crippen molar-refractivity contribution in [3.05, 3.63) is 35.4 Å². The topological polar surface area (TPSA) is 24.5 Å². The van der Waals surface area contributed by atoms with Crippen LogP contribution in [0.25, 0.3) is 0 Å². The highest BCUT2D eigenvalue weighted by molar-refractivity contribution is 5.22. The molecule has 1 N–H and O–H groups in total. The first-order chi connectivity index (χ1) is 9.29. The Balaban J connectivity index is 1.62. The zero-order valence-electron chi connectivity index (χ0n) is 12.2. The van der Waals surface area contributed by atoms with Crippen LogP contribution < -0.4 is 5.32 Å². The molecule has 0 unspecified atom stereocenters. The molecule has 106 valence electrons. The van der Waals surface area contributed by atoms with Crippen LogP contribution in [0.4, 0.5) is 0 Å². The highest BCUT2D eigenvalue weighted by Gasteiger charge is 2.25. The number of hydrogen-bond acceptors (Lipinski definition) is 3. The second kappa shape index (κ2) is 7.63. The smallest absolute Gasteiger partial charge is 0.0717 e. The molecule has 0 aliphatic heterocycles. The molecular weight excluding hydrogens is 236 g/mol. The van der Waals surface area contributed by atoms with E-state index in [9.17, 15) is 0 Å². The lowest BCUT2D eigenvalue weighted by Crippen LogP contribution is -2.25. The van der Waals surface area contributed by atoms with E-state index in [0.29, 0.717) is 0 Å². The zero-order chi connectivity index (χ0) is 13.5. The maximum absolute atomic E-state index is 5.74. The zero-order valence-corrected chi connectivity index (χ0v) is 12.2. The Kier molecular flexibility index (Phi) is 5.83. The van der Waals surface area contributed by atoms with Gasteiger partial charge in [-0.1, -0.05) is 24.3 Å². The molecule has 0 saturated heterocycles. The van der Waals surface area contributed by atoms with E-state index in [0.717, 1.165) is 38.8 Å². The van der Waals surface area contributed by atoms with Crippen molar-refractivity contribution in [1.82, 2.24) is 10.2 Å². The lowest BCUT2D eigenvalue weighted by atomic mass is 10.1. The van der Waals surface area contributed by atoms with E-state index in [2.05, 4.69) is 41.5 Å². The Morgan fingerprint density at radius 1 is 1.21 bits per heavy atom. The number of hydrogen-bond donors (Lipinski definition) is 1. The largest absolute Gasteiger partial charge is 0.375 e. The fourth-order valence-electron chi connectivity index (χ4n) is 2.17. The molecule has 1 aliphatic rings. The van der Waals surface area contributed by atoms with Crippen molar-refractivity contribution in [2.75, 3.05) is 33.8 Å². The van der Waals surface area contributed by atoms with Crippen LogP contribution in [-0.2, 0) is 17.8 Å². The minimum Gasteiger partial charge on any atom is -0.375 e. The normalized spacial score (nSPS) is 15.1. The van der Waals surface area contributed by atoms with E-state index in [1.54, 1.807) is 0 Å². The first kappa shape index (κ1) is 14.5. The molecule has 19 heavy (non-hydrogen) atoms. The van der Waals surface area contributed by atoms with Crippen LogP contribution >= 0.6 is 0 Å². The minimum atomic E-state index is 0.727. The van der Waals surface area contributed by atoms with Crippen molar-refractivity contribution < 1.29 is 4.74 Å². The molecule has 0 radical (unpaired) electrons. The van der Waals surface area contributed by atoms with Gasteiger partial charge in [0, 0.05) is 12.6 Å². The first-order valence-electron chi connectivity index (χ1n) is 7.30. The molecule has 1 aliphatic carbocycles. The van der Waals surface area contributed by atoms with E-state index >= 15 is 0 Å². The second-order valence-corrected chi connectivity index (χ2v) is 5.43. The van der Waals surface area contributed by atoms with Crippen LogP contribution in [0.2, 0.25) is 0 Å². The van der Waals surface area contributed by atoms with Crippen LogP contribution in [0.15, 0.2) is 24.3 Å². The SMILES string of the molecule is CNCCc1ccc(COCCN(C)C2CC2)cc1. The highest BCUT2D eigenvalue weighted by atomic mass is 16.5. The van der Waals surface area contributed by atoms with Gasteiger partial charge >= 0.3 is 0 Å². The number of rotatable bonds is 9. The number of nitrogens with zero attached hydrogens (tertiary/aromatic N) is 1. The van der Waals surface area contributed by atoms with E-state index in [1.165, 1.54) is 24.0 Å². The Hall–Kier alpha value is -0.900. The molecule has 0 bridgehead atoms. The van der Waals surface area contributed by atoms with Gasteiger partial charge in [0.15, 0.2) is 0 Å². The van der Waals surface area contributed by atoms with Gasteiger partial charge in [-0.2, -0.15) is 0 Å². The monoisotopic (exact) mass is 262 g/mol. The molecule has 3 heteroatoms. The lowest BCUT2D eigenvalue weighted by molar-refractivity contribution is 0.0978. The highest BCUT2D eigenvalue weighted by Crippen LogP contribution is 2.24. The van der Waals surface area contributed by atoms with Crippen molar-refractivity contribution in [3.8, 4) is 0 Å². The van der Waals surface area contributed by atoms with Crippen molar-refractivity contribution in [2.24, 2.45) is 0 Å². The van der Waals surface area contributed by atoms with Crippen LogP contribution in [0.1, 0.15) is 24.0 Å². The van der Waals surface area contributed by atoms with Gasteiger partial charge in [-0.3, -0.25) is 0 Å². The summed E-state index contributed by atoms with van der Waals surface area (Å²) in [7, 11) is 4.18. The molecule has 0 aromatic heterocycles. The lowest BCUT2D eigenvalue weighted by Gasteiger charge is -2.15. The molecule has 3 nitrogen and oxygen atoms in total. The first-order valence-corrected chi connectivity index (χ1v) is 7.30. The van der Waals surface area contributed by atoms with E-state index in [4.69, 9.17) is 4.74 Å². The average molecular weight is 262 g/mol. The molecule has 2 rings (SSSR count). The Bertz CT molecular complexity index is 360. The molecule has 1 aromatic rings. The Morgan fingerprint density at radius 2 is 1.89 bits per heavy atom. The standard InChI is InChI=1S/C16H26N2O/c1-17-10-9-14-3-5-15(6-4-14)13-19-12-11-18(2)16-7-8-16/h3-6,16-17H,7-13H2,1-2H3. The van der Waals surface area contributed by atoms with Gasteiger partial charge in [0.05, 0.1) is 13.2 Å². The van der Waals surface area contributed by atoms with Crippen LogP contribution in [-0.4, -0.2) is 44.7 Å². The van der Waals surface area contributed by atoms with Gasteiger partial charge in [0.1, 0.15) is 0 Å². The van der Waals surface area contributed by atoms with Gasteiger partial charge in [0.2, 0.25) is 0 Å². The fourth-order valence-corrected chi connectivity index (χ4v) is 2.17. The van der Waals surface area contributed by atoms with Gasteiger partial charge in [-0.25, -0.2) is 0 Å². The third-order valence-electron chi connectivity index (χ3n) is 3.71. The summed E-state index contributed by atoms with van der Waals surface area (Å²) in [6.45, 7) is 3.63. The number of likely N-dealkylation sites (N-methyl/N-ethyl adjacent to an activating group) is 2. The third-order valence-corrected chi connectivity index (χ3v) is 3.71. The Morgan fingerprint density at radius 3 is 2.53 bits per heavy atom. The number of nitrogens with one attached hydrogen (secondary N) is 1. The van der Waals surface area contributed by atoms with Crippen molar-refractivity contribution >= 4 is 0 Å². The molecule has 1 saturated carbocycles. The second-order valence-electron chi connectivity index (χ2n) is 5.43. The van der Waals surface area contributed by atoms with E-state index in [1.807, 2.05) is 7.05 Å². The summed E-state index contributed by atoms with van der Waals surface area (Å²) in [5.41, 5.74) is 2.65. The van der Waals surface area contributed by atoms with Crippen molar-refractivity contribution in [2.45, 2.75) is 31.9 Å². The summed E-state index contributed by atoms with van der Waals surface area (Å²) in [6, 6.07) is 9.58. The minimum absolute atomic E-state index is 0.727. The van der Waals surface area contributed by atoms with Crippen molar-refractivity contribution in [1.29, 1.82) is 0 Å². The summed E-state index contributed by atoms with van der Waals surface area (Å²) in [4.78, 5) is 2.40. The molecule has 0 atom stereocenters. The predicted octanol–water partition coefficient (Wildman–Crippen LogP) is 2.06. The van der Waals surface area contributed by atoms with Gasteiger partial charge in [-0.15, -0.1) is 0 Å². The summed E-state index contributed by atoms with van der Waals surface area (Å²) in [5.74, 6) is 0. The molecule has 0 heterocycles. The van der Waals surface area contributed by atoms with Crippen LogP contribution in [0.5, 0.6) is 0 Å². The maximum Gasteiger partial charge on any atom is 0.0717 e. The molecule has 1 fully saturated rings. The quantitative estimate of drug-likeness (QED) is 0.689. The Labute approximate surface area is 116 Å². The predicted molar refractivity (Wildman–Crippen MR) is 79.4 cm³/mol. The molecule has 0 spiro atoms. The van der Waals surface area contributed by atoms with E-state index < -0.39 is 0 Å². The fraction of sp³-hybridized carbons (Fsp3) is 0.625. The molecular formula is C16H26N2O. The van der Waals surface area contributed by atoms with Gasteiger partial charge in [-0.05, 0) is 51.0 Å². The number of ether oxygens (including phenoxy) is 1. The maximum atomic E-state index is 5.74. The van der Waals surface area contributed by atoms with Crippen LogP contribution in [0.3, 0.4) is 0 Å². The van der Waals surface area contributed by atoms with Gasteiger partial charge in [0.25, 0.3) is 0 Å². The summed E-state index contributed by atoms with van der Waals surface area (Å²) < 4.78 is 5.74. The van der Waals surface area contributed by atoms with Crippen LogP contribution in [0, 0.1) is 0 Å².